The van der Waals surface area contributed by atoms with E-state index in [4.69, 9.17) is 4.74 Å². The summed E-state index contributed by atoms with van der Waals surface area (Å²) in [4.78, 5) is 11.9. The third-order valence-electron chi connectivity index (χ3n) is 4.42. The summed E-state index contributed by atoms with van der Waals surface area (Å²) < 4.78 is 6.16. The molecule has 1 aliphatic heterocycles. The Bertz CT molecular complexity index is 691. The Kier molecular flexibility index (Phi) is 2.46. The van der Waals surface area contributed by atoms with Gasteiger partial charge in [0, 0.05) is 17.0 Å². The van der Waals surface area contributed by atoms with Gasteiger partial charge in [-0.2, -0.15) is 0 Å². The van der Waals surface area contributed by atoms with E-state index in [9.17, 15) is 4.79 Å². The maximum absolute atomic E-state index is 11.9. The van der Waals surface area contributed by atoms with Gasteiger partial charge in [-0.25, -0.2) is 0 Å². The summed E-state index contributed by atoms with van der Waals surface area (Å²) in [5.74, 6) is 1.15. The maximum atomic E-state index is 11.9. The fourth-order valence-electron chi connectivity index (χ4n) is 3.49. The highest BCUT2D eigenvalue weighted by Gasteiger charge is 2.39. The van der Waals surface area contributed by atoms with Gasteiger partial charge >= 0.3 is 0 Å². The first-order valence-electron chi connectivity index (χ1n) is 7.14. The lowest BCUT2D eigenvalue weighted by atomic mass is 9.79. The molecule has 1 aromatic carbocycles. The van der Waals surface area contributed by atoms with E-state index in [1.54, 1.807) is 6.92 Å². The average molecular weight is 264 g/mol. The Morgan fingerprint density at radius 1 is 1.30 bits per heavy atom. The van der Waals surface area contributed by atoms with Crippen LogP contribution in [0.5, 0.6) is 5.75 Å². The van der Waals surface area contributed by atoms with Crippen LogP contribution in [0.15, 0.2) is 53.6 Å². The van der Waals surface area contributed by atoms with Crippen LogP contribution < -0.4 is 4.74 Å². The van der Waals surface area contributed by atoms with Crippen LogP contribution in [-0.4, -0.2) is 11.9 Å². The molecule has 100 valence electrons. The molecule has 0 amide bonds. The quantitative estimate of drug-likeness (QED) is 0.718. The Labute approximate surface area is 118 Å². The lowest BCUT2D eigenvalue weighted by Crippen LogP contribution is -2.24. The van der Waals surface area contributed by atoms with E-state index in [2.05, 4.69) is 24.3 Å². The van der Waals surface area contributed by atoms with Gasteiger partial charge in [-0.15, -0.1) is 0 Å². The van der Waals surface area contributed by atoms with Crippen LogP contribution in [0.25, 0.3) is 0 Å². The second-order valence-electron chi connectivity index (χ2n) is 5.62. The summed E-state index contributed by atoms with van der Waals surface area (Å²) in [6, 6.07) is 5.78. The second-order valence-corrected chi connectivity index (χ2v) is 5.62. The van der Waals surface area contributed by atoms with Gasteiger partial charge in [-0.3, -0.25) is 4.79 Å². The van der Waals surface area contributed by atoms with E-state index in [0.29, 0.717) is 0 Å². The number of ketones is 1. The van der Waals surface area contributed by atoms with E-state index in [0.717, 1.165) is 29.7 Å². The van der Waals surface area contributed by atoms with Crippen LogP contribution in [-0.2, 0) is 0 Å². The van der Waals surface area contributed by atoms with Crippen molar-refractivity contribution in [2.75, 3.05) is 0 Å². The number of rotatable bonds is 1. The first kappa shape index (κ1) is 11.7. The molecule has 0 aromatic heterocycles. The molecule has 2 atom stereocenters. The highest BCUT2D eigenvalue weighted by Crippen LogP contribution is 2.47. The second kappa shape index (κ2) is 4.20. The predicted molar refractivity (Wildman–Crippen MR) is 78.1 cm³/mol. The molecule has 2 unspecified atom stereocenters. The molecular weight excluding hydrogens is 248 g/mol. The molecule has 1 aromatic rings. The molecule has 4 rings (SSSR count). The van der Waals surface area contributed by atoms with Crippen LogP contribution in [0.1, 0.15) is 41.6 Å². The highest BCUT2D eigenvalue weighted by molar-refractivity contribution is 5.97. The summed E-state index contributed by atoms with van der Waals surface area (Å²) in [6.07, 6.45) is 11.1. The van der Waals surface area contributed by atoms with Crippen molar-refractivity contribution in [2.24, 2.45) is 0 Å². The zero-order valence-corrected chi connectivity index (χ0v) is 11.4. The van der Waals surface area contributed by atoms with Crippen LogP contribution >= 0.6 is 0 Å². The van der Waals surface area contributed by atoms with Gasteiger partial charge in [-0.1, -0.05) is 36.4 Å². The van der Waals surface area contributed by atoms with E-state index in [1.807, 2.05) is 18.2 Å². The lowest BCUT2D eigenvalue weighted by molar-refractivity contribution is 0.101. The molecule has 0 N–H and O–H groups in total. The molecule has 0 fully saturated rings. The Hall–Kier alpha value is -2.09. The fraction of sp³-hybridized carbons (Fsp3) is 0.278. The third kappa shape index (κ3) is 1.54. The van der Waals surface area contributed by atoms with Crippen LogP contribution in [0, 0.1) is 0 Å². The Morgan fingerprint density at radius 2 is 2.20 bits per heavy atom. The van der Waals surface area contributed by atoms with Gasteiger partial charge in [0.2, 0.25) is 0 Å². The minimum Gasteiger partial charge on any atom is -0.484 e. The molecule has 2 nitrogen and oxygen atoms in total. The molecule has 0 radical (unpaired) electrons. The van der Waals surface area contributed by atoms with E-state index >= 15 is 0 Å². The number of allylic oxidation sites excluding steroid dienone is 3. The number of ether oxygens (including phenoxy) is 1. The largest absolute Gasteiger partial charge is 0.484 e. The summed E-state index contributed by atoms with van der Waals surface area (Å²) >= 11 is 0. The SMILES string of the molecule is CC(=O)c1cccc2c1C1C=CC3=C(C=CCC3)C1O2. The Balaban J connectivity index is 1.85. The van der Waals surface area contributed by atoms with E-state index in [-0.39, 0.29) is 17.8 Å². The molecule has 0 saturated heterocycles. The number of fused-ring (bicyclic) bond motifs is 4. The number of carbonyl (C=O) groups is 1. The van der Waals surface area contributed by atoms with Gasteiger partial charge in [0.1, 0.15) is 11.9 Å². The number of carbonyl (C=O) groups excluding carboxylic acids is 1. The summed E-state index contributed by atoms with van der Waals surface area (Å²) in [6.45, 7) is 1.63. The first-order valence-corrected chi connectivity index (χ1v) is 7.14. The van der Waals surface area contributed by atoms with Gasteiger partial charge in [0.25, 0.3) is 0 Å². The summed E-state index contributed by atoms with van der Waals surface area (Å²) in [7, 11) is 0. The van der Waals surface area contributed by atoms with Crippen LogP contribution in [0.3, 0.4) is 0 Å². The summed E-state index contributed by atoms with van der Waals surface area (Å²) in [5.41, 5.74) is 4.52. The van der Waals surface area contributed by atoms with Crippen molar-refractivity contribution in [1.82, 2.24) is 0 Å². The minimum absolute atomic E-state index is 0.0436. The predicted octanol–water partition coefficient (Wildman–Crippen LogP) is 3.95. The zero-order valence-electron chi connectivity index (χ0n) is 11.4. The molecule has 0 saturated carbocycles. The molecule has 2 heteroatoms. The van der Waals surface area contributed by atoms with Crippen molar-refractivity contribution in [3.8, 4) is 5.75 Å². The van der Waals surface area contributed by atoms with Crippen molar-refractivity contribution in [1.29, 1.82) is 0 Å². The smallest absolute Gasteiger partial charge is 0.160 e. The number of hydrogen-bond acceptors (Lipinski definition) is 2. The molecular formula is C18H16O2. The Morgan fingerprint density at radius 3 is 3.05 bits per heavy atom. The van der Waals surface area contributed by atoms with Crippen molar-refractivity contribution in [2.45, 2.75) is 31.8 Å². The number of hydrogen-bond donors (Lipinski definition) is 0. The minimum atomic E-state index is 0.0436. The van der Waals surface area contributed by atoms with Crippen molar-refractivity contribution in [3.05, 3.63) is 64.8 Å². The average Bonchev–Trinajstić information content (AvgIpc) is 2.86. The lowest BCUT2D eigenvalue weighted by Gasteiger charge is -2.26. The topological polar surface area (TPSA) is 26.3 Å². The van der Waals surface area contributed by atoms with Crippen molar-refractivity contribution in [3.63, 3.8) is 0 Å². The zero-order chi connectivity index (χ0) is 13.7. The normalized spacial score (nSPS) is 25.9. The van der Waals surface area contributed by atoms with Gasteiger partial charge in [0.15, 0.2) is 5.78 Å². The van der Waals surface area contributed by atoms with Crippen LogP contribution in [0.4, 0.5) is 0 Å². The molecule has 1 heterocycles. The number of benzene rings is 1. The van der Waals surface area contributed by atoms with Gasteiger partial charge in [-0.05, 0) is 37.0 Å². The molecule has 20 heavy (non-hydrogen) atoms. The molecule has 0 spiro atoms. The fourth-order valence-corrected chi connectivity index (χ4v) is 3.49. The third-order valence-corrected chi connectivity index (χ3v) is 4.42. The van der Waals surface area contributed by atoms with E-state index in [1.165, 1.54) is 11.1 Å². The first-order chi connectivity index (χ1) is 9.75. The standard InChI is InChI=1S/C18H16O2/c1-11(19)13-7-4-8-16-17(13)15-10-9-12-5-2-3-6-14(12)18(15)20-16/h3-4,6-10,15,18H,2,5H2,1H3. The highest BCUT2D eigenvalue weighted by atomic mass is 16.5. The monoisotopic (exact) mass is 264 g/mol. The number of Topliss-reactive ketones (excluding diaryl/α,β-unsaturated/α-hetero) is 1. The summed E-state index contributed by atoms with van der Waals surface area (Å²) in [5, 5.41) is 0. The molecule has 3 aliphatic rings. The van der Waals surface area contributed by atoms with E-state index < -0.39 is 0 Å². The molecule has 2 aliphatic carbocycles. The van der Waals surface area contributed by atoms with Crippen molar-refractivity contribution >= 4 is 5.78 Å². The maximum Gasteiger partial charge on any atom is 0.160 e. The van der Waals surface area contributed by atoms with Crippen LogP contribution in [0.2, 0.25) is 0 Å². The van der Waals surface area contributed by atoms with Gasteiger partial charge in [0.05, 0.1) is 0 Å². The molecule has 0 bridgehead atoms. The van der Waals surface area contributed by atoms with Crippen molar-refractivity contribution < 1.29 is 9.53 Å². The van der Waals surface area contributed by atoms with Gasteiger partial charge < -0.3 is 4.74 Å².